The van der Waals surface area contributed by atoms with E-state index in [-0.39, 0.29) is 18.0 Å². The Labute approximate surface area is 90.7 Å². The molecule has 0 saturated heterocycles. The van der Waals surface area contributed by atoms with Crippen molar-refractivity contribution >= 4 is 5.78 Å². The van der Waals surface area contributed by atoms with Gasteiger partial charge in [0.15, 0.2) is 5.78 Å². The number of carbonyl (C=O) groups excluding carboxylic acids is 1. The normalized spacial score (nSPS) is 11.9. The van der Waals surface area contributed by atoms with E-state index >= 15 is 0 Å². The van der Waals surface area contributed by atoms with Crippen LogP contribution in [0, 0.1) is 5.92 Å². The zero-order valence-corrected chi connectivity index (χ0v) is 8.88. The zero-order valence-electron chi connectivity index (χ0n) is 8.88. The maximum absolute atomic E-state index is 12.3. The first-order chi connectivity index (χ1) is 7.30. The van der Waals surface area contributed by atoms with E-state index in [2.05, 4.69) is 9.97 Å². The Morgan fingerprint density at radius 2 is 2.06 bits per heavy atom. The van der Waals surface area contributed by atoms with Crippen LogP contribution in [0.1, 0.15) is 36.6 Å². The summed E-state index contributed by atoms with van der Waals surface area (Å²) in [7, 11) is 0. The maximum atomic E-state index is 12.3. The number of carbonyl (C=O) groups is 1. The van der Waals surface area contributed by atoms with Crippen LogP contribution >= 0.6 is 0 Å². The summed E-state index contributed by atoms with van der Waals surface area (Å²) in [5, 5.41) is 0. The summed E-state index contributed by atoms with van der Waals surface area (Å²) in [5.41, 5.74) is -0.184. The zero-order chi connectivity index (χ0) is 12.3. The summed E-state index contributed by atoms with van der Waals surface area (Å²) in [6.07, 6.45) is -3.49. The molecular weight excluding hydrogens is 221 g/mol. The summed E-state index contributed by atoms with van der Waals surface area (Å²) in [4.78, 5) is 17.8. The molecule has 0 unspecified atom stereocenters. The Hall–Kier alpha value is -1.46. The van der Waals surface area contributed by atoms with Crippen LogP contribution in [0.5, 0.6) is 0 Å². The molecule has 0 aromatic carbocycles. The second kappa shape index (κ2) is 4.59. The minimum atomic E-state index is -4.62. The molecule has 3 nitrogen and oxygen atoms in total. The van der Waals surface area contributed by atoms with Gasteiger partial charge in [0.25, 0.3) is 0 Å². The molecule has 0 amide bonds. The minimum Gasteiger partial charge on any atom is -0.292 e. The minimum absolute atomic E-state index is 0.0804. The molecule has 0 radical (unpaired) electrons. The highest BCUT2D eigenvalue weighted by molar-refractivity contribution is 5.94. The number of hydrogen-bond acceptors (Lipinski definition) is 3. The van der Waals surface area contributed by atoms with Gasteiger partial charge in [-0.3, -0.25) is 4.79 Å². The largest absolute Gasteiger partial charge is 0.451 e. The second-order valence-corrected chi connectivity index (χ2v) is 3.78. The summed E-state index contributed by atoms with van der Waals surface area (Å²) in [5.74, 6) is -1.60. The highest BCUT2D eigenvalue weighted by Crippen LogP contribution is 2.25. The topological polar surface area (TPSA) is 42.9 Å². The number of ketones is 1. The molecular formula is C10H11F3N2O. The molecule has 0 aliphatic heterocycles. The first-order valence-electron chi connectivity index (χ1n) is 4.74. The summed E-state index contributed by atoms with van der Waals surface area (Å²) >= 11 is 0. The van der Waals surface area contributed by atoms with Gasteiger partial charge in [0.1, 0.15) is 5.69 Å². The molecule has 88 valence electrons. The summed E-state index contributed by atoms with van der Waals surface area (Å²) in [6, 6.07) is 1.19. The van der Waals surface area contributed by atoms with Crippen LogP contribution in [0.2, 0.25) is 0 Å². The average molecular weight is 232 g/mol. The molecule has 1 rings (SSSR count). The van der Waals surface area contributed by atoms with Crippen molar-refractivity contribution in [2.24, 2.45) is 5.92 Å². The second-order valence-electron chi connectivity index (χ2n) is 3.78. The quantitative estimate of drug-likeness (QED) is 0.752. The standard InChI is InChI=1S/C10H11F3N2O/c1-6(2)5-8(16)7-3-4-14-9(15-7)10(11,12)13/h3-4,6H,5H2,1-2H3. The van der Waals surface area contributed by atoms with Crippen LogP contribution in [-0.4, -0.2) is 15.8 Å². The number of rotatable bonds is 3. The molecule has 0 saturated carbocycles. The highest BCUT2D eigenvalue weighted by atomic mass is 19.4. The number of alkyl halides is 3. The van der Waals surface area contributed by atoms with Crippen LogP contribution in [0.4, 0.5) is 13.2 Å². The third-order valence-electron chi connectivity index (χ3n) is 1.79. The molecule has 1 aromatic rings. The Morgan fingerprint density at radius 3 is 2.56 bits per heavy atom. The Balaban J connectivity index is 2.95. The van der Waals surface area contributed by atoms with Crippen molar-refractivity contribution in [2.45, 2.75) is 26.4 Å². The monoisotopic (exact) mass is 232 g/mol. The van der Waals surface area contributed by atoms with Crippen LogP contribution in [0.25, 0.3) is 0 Å². The van der Waals surface area contributed by atoms with Gasteiger partial charge in [-0.05, 0) is 12.0 Å². The fourth-order valence-corrected chi connectivity index (χ4v) is 1.13. The molecule has 6 heteroatoms. The Bertz CT molecular complexity index is 388. The summed E-state index contributed by atoms with van der Waals surface area (Å²) in [6.45, 7) is 3.62. The third kappa shape index (κ3) is 3.29. The molecule has 0 atom stereocenters. The van der Waals surface area contributed by atoms with Gasteiger partial charge < -0.3 is 0 Å². The lowest BCUT2D eigenvalue weighted by molar-refractivity contribution is -0.145. The molecule has 0 fully saturated rings. The third-order valence-corrected chi connectivity index (χ3v) is 1.79. The van der Waals surface area contributed by atoms with Crippen LogP contribution in [0.15, 0.2) is 12.3 Å². The number of Topliss-reactive ketones (excluding diaryl/α,β-unsaturated/α-hetero) is 1. The lowest BCUT2D eigenvalue weighted by Gasteiger charge is -2.06. The highest BCUT2D eigenvalue weighted by Gasteiger charge is 2.35. The van der Waals surface area contributed by atoms with Crippen molar-refractivity contribution in [3.05, 3.63) is 23.8 Å². The van der Waals surface area contributed by atoms with E-state index in [1.165, 1.54) is 6.07 Å². The predicted octanol–water partition coefficient (Wildman–Crippen LogP) is 2.72. The van der Waals surface area contributed by atoms with Crippen LogP contribution < -0.4 is 0 Å². The number of halogens is 3. The molecule has 0 N–H and O–H groups in total. The van der Waals surface area contributed by atoms with Gasteiger partial charge in [0.2, 0.25) is 5.82 Å². The first kappa shape index (κ1) is 12.6. The SMILES string of the molecule is CC(C)CC(=O)c1ccnc(C(F)(F)F)n1. The van der Waals surface area contributed by atoms with Gasteiger partial charge in [-0.2, -0.15) is 13.2 Å². The van der Waals surface area contributed by atoms with Crippen molar-refractivity contribution in [3.63, 3.8) is 0 Å². The van der Waals surface area contributed by atoms with Gasteiger partial charge in [-0.1, -0.05) is 13.8 Å². The van der Waals surface area contributed by atoms with Gasteiger partial charge >= 0.3 is 6.18 Å². The van der Waals surface area contributed by atoms with Gasteiger partial charge in [0, 0.05) is 12.6 Å². The number of aromatic nitrogens is 2. The van der Waals surface area contributed by atoms with Gasteiger partial charge in [-0.25, -0.2) is 9.97 Å². The maximum Gasteiger partial charge on any atom is 0.451 e. The van der Waals surface area contributed by atoms with Crippen molar-refractivity contribution < 1.29 is 18.0 Å². The lowest BCUT2D eigenvalue weighted by Crippen LogP contribution is -2.14. The van der Waals surface area contributed by atoms with Crippen molar-refractivity contribution in [2.75, 3.05) is 0 Å². The van der Waals surface area contributed by atoms with E-state index in [9.17, 15) is 18.0 Å². The molecule has 0 spiro atoms. The Kier molecular flexibility index (Phi) is 3.62. The average Bonchev–Trinajstić information content (AvgIpc) is 2.15. The molecule has 0 bridgehead atoms. The predicted molar refractivity (Wildman–Crippen MR) is 50.8 cm³/mol. The number of nitrogens with zero attached hydrogens (tertiary/aromatic N) is 2. The van der Waals surface area contributed by atoms with Gasteiger partial charge in [-0.15, -0.1) is 0 Å². The molecule has 0 aliphatic carbocycles. The number of hydrogen-bond donors (Lipinski definition) is 0. The van der Waals surface area contributed by atoms with Crippen molar-refractivity contribution in [3.8, 4) is 0 Å². The van der Waals surface area contributed by atoms with Crippen LogP contribution in [-0.2, 0) is 6.18 Å². The van der Waals surface area contributed by atoms with Crippen molar-refractivity contribution in [1.82, 2.24) is 9.97 Å². The lowest BCUT2D eigenvalue weighted by atomic mass is 10.1. The van der Waals surface area contributed by atoms with E-state index in [4.69, 9.17) is 0 Å². The fourth-order valence-electron chi connectivity index (χ4n) is 1.13. The van der Waals surface area contributed by atoms with Crippen molar-refractivity contribution in [1.29, 1.82) is 0 Å². The first-order valence-corrected chi connectivity index (χ1v) is 4.74. The molecule has 1 heterocycles. The van der Waals surface area contributed by atoms with E-state index in [0.29, 0.717) is 0 Å². The summed E-state index contributed by atoms with van der Waals surface area (Å²) < 4.78 is 36.8. The fraction of sp³-hybridized carbons (Fsp3) is 0.500. The molecule has 0 aliphatic rings. The molecule has 16 heavy (non-hydrogen) atoms. The van der Waals surface area contributed by atoms with Gasteiger partial charge in [0.05, 0.1) is 0 Å². The van der Waals surface area contributed by atoms with E-state index in [0.717, 1.165) is 6.20 Å². The smallest absolute Gasteiger partial charge is 0.292 e. The van der Waals surface area contributed by atoms with E-state index < -0.39 is 17.8 Å². The Morgan fingerprint density at radius 1 is 1.44 bits per heavy atom. The van der Waals surface area contributed by atoms with Crippen LogP contribution in [0.3, 0.4) is 0 Å². The van der Waals surface area contributed by atoms with E-state index in [1.807, 2.05) is 13.8 Å². The molecule has 1 aromatic heterocycles. The van der Waals surface area contributed by atoms with E-state index in [1.54, 1.807) is 0 Å².